The minimum Gasteiger partial charge on any atom is -0.478 e. The maximum absolute atomic E-state index is 9.55. The molecule has 148 valence electrons. The molecule has 0 aliphatic heterocycles. The van der Waals surface area contributed by atoms with E-state index in [2.05, 4.69) is 0 Å². The standard InChI is InChI=1S/C9H12O2.2C4H4O4/c1-2-9(10,11)8-6-4-3-5-7-8;2*5-3(6)1-2-4(7)8/h3-7,10-11H,2H2,1H3;2*1-2H,(H,5,6)(H,7,8)/b;2*2-1-. The molecule has 27 heavy (non-hydrogen) atoms. The maximum Gasteiger partial charge on any atom is 0.328 e. The molecule has 0 aromatic heterocycles. The summed E-state index contributed by atoms with van der Waals surface area (Å²) in [5.41, 5.74) is 0.544. The van der Waals surface area contributed by atoms with Crippen LogP contribution in [0.1, 0.15) is 18.9 Å². The highest BCUT2D eigenvalue weighted by Crippen LogP contribution is 2.20. The van der Waals surface area contributed by atoms with Crippen LogP contribution in [0.5, 0.6) is 0 Å². The van der Waals surface area contributed by atoms with Crippen molar-refractivity contribution >= 4 is 23.9 Å². The molecule has 0 bridgehead atoms. The highest BCUT2D eigenvalue weighted by molar-refractivity contribution is 5.90. The molecule has 10 nitrogen and oxygen atoms in total. The molecular formula is C17H20O10. The Balaban J connectivity index is 0. The first kappa shape index (κ1) is 25.7. The monoisotopic (exact) mass is 384 g/mol. The second-order valence-corrected chi connectivity index (χ2v) is 4.56. The Morgan fingerprint density at radius 2 is 1.04 bits per heavy atom. The molecule has 1 aromatic rings. The zero-order chi connectivity index (χ0) is 21.5. The van der Waals surface area contributed by atoms with Crippen LogP contribution in [0.4, 0.5) is 0 Å². The second kappa shape index (κ2) is 13.8. The number of aliphatic carboxylic acids is 4. The third-order valence-corrected chi connectivity index (χ3v) is 2.47. The van der Waals surface area contributed by atoms with Gasteiger partial charge in [-0.15, -0.1) is 0 Å². The lowest BCUT2D eigenvalue weighted by atomic mass is 10.0. The lowest BCUT2D eigenvalue weighted by Gasteiger charge is -2.19. The van der Waals surface area contributed by atoms with Crippen molar-refractivity contribution in [3.63, 3.8) is 0 Å². The van der Waals surface area contributed by atoms with Gasteiger partial charge in [-0.2, -0.15) is 0 Å². The molecule has 0 spiro atoms. The Kier molecular flexibility index (Phi) is 13.1. The van der Waals surface area contributed by atoms with Crippen LogP contribution in [0, 0.1) is 0 Å². The number of aliphatic hydroxyl groups is 2. The fourth-order valence-electron chi connectivity index (χ4n) is 1.19. The molecule has 1 aromatic carbocycles. The van der Waals surface area contributed by atoms with Crippen molar-refractivity contribution in [2.45, 2.75) is 19.1 Å². The predicted molar refractivity (Wildman–Crippen MR) is 91.7 cm³/mol. The summed E-state index contributed by atoms with van der Waals surface area (Å²) in [5, 5.41) is 49.9. The van der Waals surface area contributed by atoms with Gasteiger partial charge < -0.3 is 30.6 Å². The Morgan fingerprint density at radius 1 is 0.741 bits per heavy atom. The molecule has 1 rings (SSSR count). The van der Waals surface area contributed by atoms with Gasteiger partial charge in [0.25, 0.3) is 0 Å². The minimum atomic E-state index is -1.67. The second-order valence-electron chi connectivity index (χ2n) is 4.56. The van der Waals surface area contributed by atoms with Crippen molar-refractivity contribution in [2.24, 2.45) is 0 Å². The average molecular weight is 384 g/mol. The van der Waals surface area contributed by atoms with E-state index in [-0.39, 0.29) is 0 Å². The van der Waals surface area contributed by atoms with Crippen LogP contribution in [-0.4, -0.2) is 54.5 Å². The third kappa shape index (κ3) is 17.1. The van der Waals surface area contributed by atoms with Crippen molar-refractivity contribution in [2.75, 3.05) is 0 Å². The van der Waals surface area contributed by atoms with Crippen LogP contribution < -0.4 is 0 Å². The predicted octanol–water partition coefficient (Wildman–Crippen LogP) is 0.658. The molecule has 0 unspecified atom stereocenters. The largest absolute Gasteiger partial charge is 0.478 e. The molecule has 0 fully saturated rings. The zero-order valence-electron chi connectivity index (χ0n) is 14.2. The summed E-state index contributed by atoms with van der Waals surface area (Å²) >= 11 is 0. The van der Waals surface area contributed by atoms with Gasteiger partial charge in [-0.1, -0.05) is 37.3 Å². The molecule has 0 aliphatic carbocycles. The Bertz CT molecular complexity index is 608. The SMILES string of the molecule is CCC(O)(O)c1ccccc1.O=C(O)/C=C\C(=O)O.O=C(O)/C=C\C(=O)O. The van der Waals surface area contributed by atoms with Gasteiger partial charge >= 0.3 is 23.9 Å². The van der Waals surface area contributed by atoms with Gasteiger partial charge in [0, 0.05) is 36.3 Å². The number of hydrogen-bond acceptors (Lipinski definition) is 6. The molecular weight excluding hydrogens is 364 g/mol. The summed E-state index contributed by atoms with van der Waals surface area (Å²) in [5.74, 6) is -6.69. The third-order valence-electron chi connectivity index (χ3n) is 2.47. The van der Waals surface area contributed by atoms with E-state index in [1.165, 1.54) is 0 Å². The van der Waals surface area contributed by atoms with Crippen molar-refractivity contribution in [3.05, 3.63) is 60.2 Å². The summed E-state index contributed by atoms with van der Waals surface area (Å²) in [7, 11) is 0. The molecule has 0 aliphatic rings. The Morgan fingerprint density at radius 3 is 1.26 bits per heavy atom. The van der Waals surface area contributed by atoms with Crippen LogP contribution in [-0.2, 0) is 25.0 Å². The van der Waals surface area contributed by atoms with Gasteiger partial charge in [0.2, 0.25) is 0 Å². The fourth-order valence-corrected chi connectivity index (χ4v) is 1.19. The van der Waals surface area contributed by atoms with Gasteiger partial charge in [-0.25, -0.2) is 19.2 Å². The highest BCUT2D eigenvalue weighted by Gasteiger charge is 2.21. The average Bonchev–Trinajstić information content (AvgIpc) is 2.60. The molecule has 0 heterocycles. The van der Waals surface area contributed by atoms with E-state index >= 15 is 0 Å². The smallest absolute Gasteiger partial charge is 0.328 e. The van der Waals surface area contributed by atoms with Crippen molar-refractivity contribution in [1.29, 1.82) is 0 Å². The van der Waals surface area contributed by atoms with Crippen LogP contribution in [0.2, 0.25) is 0 Å². The first-order valence-electron chi connectivity index (χ1n) is 7.20. The Labute approximate surface area is 153 Å². The van der Waals surface area contributed by atoms with Crippen LogP contribution in [0.25, 0.3) is 0 Å². The number of carboxylic acids is 4. The zero-order valence-corrected chi connectivity index (χ0v) is 14.2. The number of hydrogen-bond donors (Lipinski definition) is 6. The molecule has 10 heteroatoms. The fraction of sp³-hybridized carbons (Fsp3) is 0.176. The van der Waals surface area contributed by atoms with Gasteiger partial charge in [0.05, 0.1) is 0 Å². The van der Waals surface area contributed by atoms with Crippen LogP contribution in [0.15, 0.2) is 54.6 Å². The summed E-state index contributed by atoms with van der Waals surface area (Å²) in [6, 6.07) is 8.81. The van der Waals surface area contributed by atoms with Crippen LogP contribution in [0.3, 0.4) is 0 Å². The molecule has 0 saturated carbocycles. The summed E-state index contributed by atoms with van der Waals surface area (Å²) in [6.45, 7) is 1.73. The molecule has 0 saturated heterocycles. The van der Waals surface area contributed by atoms with Crippen molar-refractivity contribution in [3.8, 4) is 0 Å². The van der Waals surface area contributed by atoms with Crippen molar-refractivity contribution in [1.82, 2.24) is 0 Å². The van der Waals surface area contributed by atoms with E-state index in [9.17, 15) is 29.4 Å². The molecule has 0 atom stereocenters. The van der Waals surface area contributed by atoms with Gasteiger partial charge in [0.15, 0.2) is 5.79 Å². The first-order valence-corrected chi connectivity index (χ1v) is 7.20. The van der Waals surface area contributed by atoms with E-state index in [1.807, 2.05) is 6.07 Å². The van der Waals surface area contributed by atoms with E-state index in [0.717, 1.165) is 0 Å². The van der Waals surface area contributed by atoms with Gasteiger partial charge in [-0.05, 0) is 0 Å². The molecule has 0 radical (unpaired) electrons. The Hall–Kier alpha value is -3.50. The highest BCUT2D eigenvalue weighted by atomic mass is 16.5. The number of carbonyl (C=O) groups is 4. The topological polar surface area (TPSA) is 190 Å². The van der Waals surface area contributed by atoms with E-state index < -0.39 is 29.7 Å². The van der Waals surface area contributed by atoms with E-state index in [4.69, 9.17) is 20.4 Å². The molecule has 0 amide bonds. The van der Waals surface area contributed by atoms with Crippen molar-refractivity contribution < 1.29 is 49.8 Å². The normalized spacial score (nSPS) is 10.3. The minimum absolute atomic E-state index is 0.303. The number of carboxylic acid groups (broad SMARTS) is 4. The number of benzene rings is 1. The number of rotatable bonds is 6. The molecule has 6 N–H and O–H groups in total. The van der Waals surface area contributed by atoms with Crippen LogP contribution >= 0.6 is 0 Å². The van der Waals surface area contributed by atoms with Gasteiger partial charge in [-0.3, -0.25) is 0 Å². The first-order chi connectivity index (χ1) is 12.4. The summed E-state index contributed by atoms with van der Waals surface area (Å²) in [6.07, 6.45) is 2.53. The van der Waals surface area contributed by atoms with E-state index in [1.54, 1.807) is 31.2 Å². The lowest BCUT2D eigenvalue weighted by molar-refractivity contribution is -0.171. The maximum atomic E-state index is 9.55. The quantitative estimate of drug-likeness (QED) is 0.300. The van der Waals surface area contributed by atoms with Gasteiger partial charge in [0.1, 0.15) is 0 Å². The van der Waals surface area contributed by atoms with E-state index in [0.29, 0.717) is 36.3 Å². The summed E-state index contributed by atoms with van der Waals surface area (Å²) < 4.78 is 0. The summed E-state index contributed by atoms with van der Waals surface area (Å²) in [4.78, 5) is 38.2. The lowest BCUT2D eigenvalue weighted by Crippen LogP contribution is -2.23.